The quantitative estimate of drug-likeness (QED) is 0.228. The van der Waals surface area contributed by atoms with Crippen LogP contribution < -0.4 is 15.4 Å². The van der Waals surface area contributed by atoms with Crippen LogP contribution in [0.3, 0.4) is 0 Å². The summed E-state index contributed by atoms with van der Waals surface area (Å²) in [5.74, 6) is 2.10. The van der Waals surface area contributed by atoms with Gasteiger partial charge in [0.1, 0.15) is 0 Å². The Hall–Kier alpha value is -1.09. The zero-order valence-corrected chi connectivity index (χ0v) is 18.2. The predicted molar refractivity (Wildman–Crippen MR) is 114 cm³/mol. The van der Waals surface area contributed by atoms with Crippen molar-refractivity contribution in [2.24, 2.45) is 10.9 Å². The van der Waals surface area contributed by atoms with Crippen molar-refractivity contribution in [2.45, 2.75) is 40.2 Å². The lowest BCUT2D eigenvalue weighted by atomic mass is 10.1. The maximum absolute atomic E-state index is 5.67. The number of ether oxygens (including phenoxy) is 2. The zero-order valence-electron chi connectivity index (χ0n) is 15.9. The van der Waals surface area contributed by atoms with Crippen LogP contribution in [0.4, 0.5) is 0 Å². The van der Waals surface area contributed by atoms with Gasteiger partial charge in [0.2, 0.25) is 5.88 Å². The number of hydrogen-bond acceptors (Lipinski definition) is 4. The van der Waals surface area contributed by atoms with Crippen molar-refractivity contribution in [1.82, 2.24) is 15.6 Å². The van der Waals surface area contributed by atoms with E-state index in [0.29, 0.717) is 31.6 Å². The SMILES string of the molecule is CCCOc1ncccc1CNC(=NC)NCCOCCC(C)C.I. The first-order valence-electron chi connectivity index (χ1n) is 8.76. The fourth-order valence-corrected chi connectivity index (χ4v) is 1.95. The monoisotopic (exact) mass is 464 g/mol. The zero-order chi connectivity index (χ0) is 17.6. The third kappa shape index (κ3) is 11.2. The molecule has 0 aliphatic rings. The molecule has 0 spiro atoms. The molecule has 0 amide bonds. The lowest BCUT2D eigenvalue weighted by Crippen LogP contribution is -2.38. The van der Waals surface area contributed by atoms with Gasteiger partial charge in [-0.3, -0.25) is 4.99 Å². The van der Waals surface area contributed by atoms with Gasteiger partial charge < -0.3 is 20.1 Å². The molecule has 0 bridgehead atoms. The van der Waals surface area contributed by atoms with E-state index < -0.39 is 0 Å². The molecule has 0 unspecified atom stereocenters. The standard InChI is InChI=1S/C18H32N4O2.HI/c1-5-11-24-17-16(7-6-9-20-17)14-22-18(19-4)21-10-13-23-12-8-15(2)3;/h6-7,9,15H,5,8,10-14H2,1-4H3,(H2,19,21,22);1H. The molecule has 7 heteroatoms. The number of halogens is 1. The molecule has 1 aromatic rings. The van der Waals surface area contributed by atoms with Gasteiger partial charge >= 0.3 is 0 Å². The second-order valence-electron chi connectivity index (χ2n) is 5.96. The number of nitrogens with one attached hydrogen (secondary N) is 2. The number of aromatic nitrogens is 1. The molecule has 2 N–H and O–H groups in total. The molecule has 0 fully saturated rings. The van der Waals surface area contributed by atoms with Gasteiger partial charge in [0.25, 0.3) is 0 Å². The van der Waals surface area contributed by atoms with Crippen molar-refractivity contribution in [1.29, 1.82) is 0 Å². The van der Waals surface area contributed by atoms with Crippen LogP contribution in [0.5, 0.6) is 5.88 Å². The van der Waals surface area contributed by atoms with Crippen molar-refractivity contribution in [3.63, 3.8) is 0 Å². The summed E-state index contributed by atoms with van der Waals surface area (Å²) in [5.41, 5.74) is 1.02. The number of hydrogen-bond donors (Lipinski definition) is 2. The van der Waals surface area contributed by atoms with Crippen LogP contribution in [-0.2, 0) is 11.3 Å². The normalized spacial score (nSPS) is 11.2. The van der Waals surface area contributed by atoms with Crippen molar-refractivity contribution in [3.8, 4) is 5.88 Å². The third-order valence-electron chi connectivity index (χ3n) is 3.34. The van der Waals surface area contributed by atoms with Crippen LogP contribution in [0.25, 0.3) is 0 Å². The Kier molecular flexibility index (Phi) is 14.5. The molecule has 0 saturated heterocycles. The van der Waals surface area contributed by atoms with E-state index >= 15 is 0 Å². The highest BCUT2D eigenvalue weighted by atomic mass is 127. The van der Waals surface area contributed by atoms with E-state index in [1.165, 1.54) is 0 Å². The lowest BCUT2D eigenvalue weighted by Gasteiger charge is -2.14. The van der Waals surface area contributed by atoms with E-state index in [2.05, 4.69) is 41.4 Å². The van der Waals surface area contributed by atoms with E-state index in [1.807, 2.05) is 12.1 Å². The second-order valence-corrected chi connectivity index (χ2v) is 5.96. The molecule has 0 aliphatic carbocycles. The molecule has 6 nitrogen and oxygen atoms in total. The van der Waals surface area contributed by atoms with Crippen LogP contribution in [0.1, 0.15) is 39.2 Å². The van der Waals surface area contributed by atoms with Crippen molar-refractivity contribution < 1.29 is 9.47 Å². The molecule has 25 heavy (non-hydrogen) atoms. The second kappa shape index (κ2) is 15.2. The highest BCUT2D eigenvalue weighted by molar-refractivity contribution is 14.0. The summed E-state index contributed by atoms with van der Waals surface area (Å²) in [4.78, 5) is 8.51. The molecular formula is C18H33IN4O2. The minimum atomic E-state index is 0. The summed E-state index contributed by atoms with van der Waals surface area (Å²) >= 11 is 0. The molecular weight excluding hydrogens is 431 g/mol. The number of aliphatic imine (C=N–C) groups is 1. The molecule has 0 aromatic carbocycles. The van der Waals surface area contributed by atoms with Crippen LogP contribution in [0.15, 0.2) is 23.3 Å². The van der Waals surface area contributed by atoms with Crippen molar-refractivity contribution in [3.05, 3.63) is 23.9 Å². The first-order valence-corrected chi connectivity index (χ1v) is 8.76. The summed E-state index contributed by atoms with van der Waals surface area (Å²) in [6.45, 7) is 9.96. The van der Waals surface area contributed by atoms with Crippen molar-refractivity contribution in [2.75, 3.05) is 33.4 Å². The first kappa shape index (κ1) is 23.9. The van der Waals surface area contributed by atoms with Gasteiger partial charge in [-0.25, -0.2) is 4.98 Å². The number of rotatable bonds is 11. The summed E-state index contributed by atoms with van der Waals surface area (Å²) in [6.07, 6.45) is 3.80. The summed E-state index contributed by atoms with van der Waals surface area (Å²) in [6, 6.07) is 3.92. The molecule has 0 aliphatic heterocycles. The van der Waals surface area contributed by atoms with Gasteiger partial charge in [-0.1, -0.05) is 26.8 Å². The van der Waals surface area contributed by atoms with E-state index in [9.17, 15) is 0 Å². The largest absolute Gasteiger partial charge is 0.477 e. The predicted octanol–water partition coefficient (Wildman–Crippen LogP) is 3.22. The Morgan fingerprint density at radius 2 is 2.04 bits per heavy atom. The maximum atomic E-state index is 5.67. The van der Waals surface area contributed by atoms with Gasteiger partial charge in [0, 0.05) is 38.5 Å². The van der Waals surface area contributed by atoms with E-state index in [-0.39, 0.29) is 24.0 Å². The Morgan fingerprint density at radius 3 is 2.72 bits per heavy atom. The number of pyridine rings is 1. The van der Waals surface area contributed by atoms with E-state index in [1.54, 1.807) is 13.2 Å². The van der Waals surface area contributed by atoms with Crippen LogP contribution in [0.2, 0.25) is 0 Å². The highest BCUT2D eigenvalue weighted by Crippen LogP contribution is 2.14. The van der Waals surface area contributed by atoms with E-state index in [4.69, 9.17) is 9.47 Å². The molecule has 1 rings (SSSR count). The first-order chi connectivity index (χ1) is 11.7. The Bertz CT molecular complexity index is 484. The smallest absolute Gasteiger partial charge is 0.218 e. The Labute approximate surface area is 169 Å². The Balaban J connectivity index is 0.00000576. The number of guanidine groups is 1. The van der Waals surface area contributed by atoms with Gasteiger partial charge in [0.15, 0.2) is 5.96 Å². The minimum absolute atomic E-state index is 0. The molecule has 0 radical (unpaired) electrons. The molecule has 0 saturated carbocycles. The van der Waals surface area contributed by atoms with Gasteiger partial charge in [-0.05, 0) is 24.8 Å². The summed E-state index contributed by atoms with van der Waals surface area (Å²) in [7, 11) is 1.76. The lowest BCUT2D eigenvalue weighted by molar-refractivity contribution is 0.128. The van der Waals surface area contributed by atoms with Gasteiger partial charge in [0.05, 0.1) is 13.2 Å². The van der Waals surface area contributed by atoms with Crippen LogP contribution in [0, 0.1) is 5.92 Å². The molecule has 0 atom stereocenters. The minimum Gasteiger partial charge on any atom is -0.477 e. The fourth-order valence-electron chi connectivity index (χ4n) is 1.95. The molecule has 144 valence electrons. The topological polar surface area (TPSA) is 67.8 Å². The number of nitrogens with zero attached hydrogens (tertiary/aromatic N) is 2. The van der Waals surface area contributed by atoms with E-state index in [0.717, 1.165) is 37.5 Å². The van der Waals surface area contributed by atoms with Crippen molar-refractivity contribution >= 4 is 29.9 Å². The van der Waals surface area contributed by atoms with Crippen LogP contribution in [-0.4, -0.2) is 44.4 Å². The molecule has 1 heterocycles. The van der Waals surface area contributed by atoms with Gasteiger partial charge in [-0.2, -0.15) is 0 Å². The molecule has 1 aromatic heterocycles. The van der Waals surface area contributed by atoms with Gasteiger partial charge in [-0.15, -0.1) is 24.0 Å². The highest BCUT2D eigenvalue weighted by Gasteiger charge is 2.05. The summed E-state index contributed by atoms with van der Waals surface area (Å²) < 4.78 is 11.3. The maximum Gasteiger partial charge on any atom is 0.218 e. The average molecular weight is 464 g/mol. The Morgan fingerprint density at radius 1 is 1.24 bits per heavy atom. The summed E-state index contributed by atoms with van der Waals surface area (Å²) in [5, 5.41) is 6.52. The van der Waals surface area contributed by atoms with Crippen LogP contribution >= 0.6 is 24.0 Å². The average Bonchev–Trinajstić information content (AvgIpc) is 2.59. The third-order valence-corrected chi connectivity index (χ3v) is 3.34. The fraction of sp³-hybridized carbons (Fsp3) is 0.667.